The van der Waals surface area contributed by atoms with Gasteiger partial charge < -0.3 is 20.1 Å². The molecule has 0 aromatic carbocycles. The number of hydrogen-bond acceptors (Lipinski definition) is 4. The van der Waals surface area contributed by atoms with E-state index >= 15 is 0 Å². The quantitative estimate of drug-likeness (QED) is 0.703. The number of carbonyl (C=O) groups is 1. The van der Waals surface area contributed by atoms with Gasteiger partial charge in [-0.25, -0.2) is 0 Å². The Hall–Kier alpha value is -0.650. The number of ether oxygens (including phenoxy) is 2. The molecule has 1 saturated heterocycles. The van der Waals surface area contributed by atoms with Crippen molar-refractivity contribution in [3.63, 3.8) is 0 Å². The molecule has 5 heteroatoms. The van der Waals surface area contributed by atoms with Crippen molar-refractivity contribution in [2.24, 2.45) is 11.7 Å². The summed E-state index contributed by atoms with van der Waals surface area (Å²) < 4.78 is 10.7. The lowest BCUT2D eigenvalue weighted by atomic mass is 9.92. The molecule has 0 saturated carbocycles. The Balaban J connectivity index is 2.34. The monoisotopic (exact) mass is 272 g/mol. The predicted molar refractivity (Wildman–Crippen MR) is 74.9 cm³/mol. The number of nitrogens with two attached hydrogens (primary N) is 1. The molecule has 1 aliphatic heterocycles. The average Bonchev–Trinajstić information content (AvgIpc) is 2.42. The maximum Gasteiger partial charge on any atom is 0.251 e. The molecule has 1 amide bonds. The van der Waals surface area contributed by atoms with E-state index in [0.29, 0.717) is 25.7 Å². The van der Waals surface area contributed by atoms with Crippen molar-refractivity contribution >= 4 is 5.91 Å². The highest BCUT2D eigenvalue weighted by Gasteiger charge is 2.28. The summed E-state index contributed by atoms with van der Waals surface area (Å²) in [6.07, 6.45) is 1.75. The van der Waals surface area contributed by atoms with Gasteiger partial charge in [-0.3, -0.25) is 4.79 Å². The normalized spacial score (nSPS) is 23.2. The van der Waals surface area contributed by atoms with Crippen molar-refractivity contribution in [2.45, 2.75) is 45.8 Å². The number of amides is 1. The zero-order chi connectivity index (χ0) is 14.3. The molecular weight excluding hydrogens is 244 g/mol. The van der Waals surface area contributed by atoms with Crippen LogP contribution < -0.4 is 5.73 Å². The van der Waals surface area contributed by atoms with Crippen LogP contribution in [0, 0.1) is 5.92 Å². The summed E-state index contributed by atoms with van der Waals surface area (Å²) in [6, 6.07) is 0.143. The van der Waals surface area contributed by atoms with Gasteiger partial charge in [-0.05, 0) is 39.5 Å². The molecule has 0 aliphatic carbocycles. The van der Waals surface area contributed by atoms with Crippen molar-refractivity contribution in [1.82, 2.24) is 4.90 Å². The highest BCUT2D eigenvalue weighted by molar-refractivity contribution is 5.80. The Morgan fingerprint density at radius 3 is 2.79 bits per heavy atom. The van der Waals surface area contributed by atoms with Crippen LogP contribution in [0.4, 0.5) is 0 Å². The van der Waals surface area contributed by atoms with Gasteiger partial charge in [-0.15, -0.1) is 0 Å². The molecule has 0 spiro atoms. The summed E-state index contributed by atoms with van der Waals surface area (Å²) in [7, 11) is 0. The lowest BCUT2D eigenvalue weighted by Gasteiger charge is -2.35. The van der Waals surface area contributed by atoms with Crippen LogP contribution in [0.25, 0.3) is 0 Å². The fourth-order valence-electron chi connectivity index (χ4n) is 2.40. The summed E-state index contributed by atoms with van der Waals surface area (Å²) in [4.78, 5) is 14.1. The molecule has 1 aliphatic rings. The number of nitrogens with zero attached hydrogens (tertiary/aromatic N) is 1. The second kappa shape index (κ2) is 8.51. The van der Waals surface area contributed by atoms with Crippen molar-refractivity contribution in [3.05, 3.63) is 0 Å². The number of hydrogen-bond donors (Lipinski definition) is 1. The minimum absolute atomic E-state index is 0.0712. The molecule has 1 rings (SSSR count). The number of piperidine rings is 1. The van der Waals surface area contributed by atoms with Gasteiger partial charge in [-0.2, -0.15) is 0 Å². The van der Waals surface area contributed by atoms with Gasteiger partial charge in [0, 0.05) is 25.7 Å². The molecule has 5 nitrogen and oxygen atoms in total. The van der Waals surface area contributed by atoms with Crippen molar-refractivity contribution < 1.29 is 14.3 Å². The van der Waals surface area contributed by atoms with Gasteiger partial charge in [0.1, 0.15) is 6.10 Å². The number of likely N-dealkylation sites (tertiary alicyclic amines) is 1. The maximum absolute atomic E-state index is 12.2. The Bertz CT molecular complexity index is 271. The van der Waals surface area contributed by atoms with E-state index in [2.05, 4.69) is 0 Å². The van der Waals surface area contributed by atoms with E-state index in [1.54, 1.807) is 0 Å². The van der Waals surface area contributed by atoms with Gasteiger partial charge in [0.05, 0.1) is 13.2 Å². The van der Waals surface area contributed by atoms with Crippen LogP contribution in [0.2, 0.25) is 0 Å². The van der Waals surface area contributed by atoms with E-state index in [1.165, 1.54) is 0 Å². The first kappa shape index (κ1) is 16.4. The molecule has 0 aromatic rings. The summed E-state index contributed by atoms with van der Waals surface area (Å²) >= 11 is 0. The second-order valence-corrected chi connectivity index (χ2v) is 5.26. The minimum Gasteiger partial charge on any atom is -0.379 e. The molecule has 3 atom stereocenters. The zero-order valence-corrected chi connectivity index (χ0v) is 12.4. The molecule has 3 unspecified atom stereocenters. The summed E-state index contributed by atoms with van der Waals surface area (Å²) in [5.41, 5.74) is 5.93. The molecule has 112 valence electrons. The Morgan fingerprint density at radius 1 is 1.42 bits per heavy atom. The number of carbonyl (C=O) groups excluding carboxylic acids is 1. The molecule has 1 heterocycles. The third-order valence-corrected chi connectivity index (χ3v) is 3.66. The van der Waals surface area contributed by atoms with E-state index in [0.717, 1.165) is 25.9 Å². The summed E-state index contributed by atoms with van der Waals surface area (Å²) in [5.74, 6) is 0.482. The topological polar surface area (TPSA) is 64.8 Å². The van der Waals surface area contributed by atoms with Crippen molar-refractivity contribution in [1.29, 1.82) is 0 Å². The molecular formula is C14H28N2O3. The third-order valence-electron chi connectivity index (χ3n) is 3.66. The first-order chi connectivity index (χ1) is 9.06. The Morgan fingerprint density at radius 2 is 2.16 bits per heavy atom. The van der Waals surface area contributed by atoms with Crippen LogP contribution in [0.15, 0.2) is 0 Å². The van der Waals surface area contributed by atoms with E-state index in [-0.39, 0.29) is 11.9 Å². The van der Waals surface area contributed by atoms with Gasteiger partial charge in [-0.1, -0.05) is 0 Å². The van der Waals surface area contributed by atoms with Gasteiger partial charge in [0.15, 0.2) is 0 Å². The molecule has 19 heavy (non-hydrogen) atoms. The Kier molecular flexibility index (Phi) is 7.34. The van der Waals surface area contributed by atoms with Crippen LogP contribution >= 0.6 is 0 Å². The van der Waals surface area contributed by atoms with E-state index < -0.39 is 6.10 Å². The van der Waals surface area contributed by atoms with Crippen LogP contribution in [0.3, 0.4) is 0 Å². The molecule has 0 aromatic heterocycles. The summed E-state index contributed by atoms with van der Waals surface area (Å²) in [5, 5.41) is 0. The highest BCUT2D eigenvalue weighted by atomic mass is 16.5. The Labute approximate surface area is 116 Å². The van der Waals surface area contributed by atoms with Crippen LogP contribution in [0.5, 0.6) is 0 Å². The van der Waals surface area contributed by atoms with Crippen LogP contribution in [-0.2, 0) is 14.3 Å². The average molecular weight is 272 g/mol. The largest absolute Gasteiger partial charge is 0.379 e. The highest BCUT2D eigenvalue weighted by Crippen LogP contribution is 2.19. The van der Waals surface area contributed by atoms with E-state index in [4.69, 9.17) is 15.2 Å². The first-order valence-corrected chi connectivity index (χ1v) is 7.30. The minimum atomic E-state index is -0.396. The molecule has 0 bridgehead atoms. The number of rotatable bonds is 7. The van der Waals surface area contributed by atoms with Gasteiger partial charge >= 0.3 is 0 Å². The maximum atomic E-state index is 12.2. The molecule has 0 radical (unpaired) electrons. The van der Waals surface area contributed by atoms with E-state index in [9.17, 15) is 4.79 Å². The zero-order valence-electron chi connectivity index (χ0n) is 12.4. The second-order valence-electron chi connectivity index (χ2n) is 5.26. The standard InChI is InChI=1S/C14H28N2O3/c1-4-18-8-9-19-12(3)14(17)16-7-5-6-13(10-16)11(2)15/h11-13H,4-10,15H2,1-3H3. The lowest BCUT2D eigenvalue weighted by molar-refractivity contribution is -0.145. The van der Waals surface area contributed by atoms with Crippen LogP contribution in [-0.4, -0.2) is 55.9 Å². The van der Waals surface area contributed by atoms with Gasteiger partial charge in [0.2, 0.25) is 0 Å². The fraction of sp³-hybridized carbons (Fsp3) is 0.929. The predicted octanol–water partition coefficient (Wildman–Crippen LogP) is 1.01. The van der Waals surface area contributed by atoms with E-state index in [1.807, 2.05) is 25.7 Å². The van der Waals surface area contributed by atoms with Gasteiger partial charge in [0.25, 0.3) is 5.91 Å². The van der Waals surface area contributed by atoms with Crippen LogP contribution in [0.1, 0.15) is 33.6 Å². The van der Waals surface area contributed by atoms with Crippen molar-refractivity contribution in [3.8, 4) is 0 Å². The molecule has 2 N–H and O–H groups in total. The lowest BCUT2D eigenvalue weighted by Crippen LogP contribution is -2.48. The smallest absolute Gasteiger partial charge is 0.251 e. The molecule has 1 fully saturated rings. The third kappa shape index (κ3) is 5.47. The SMILES string of the molecule is CCOCCOC(C)C(=O)N1CCCC(C(C)N)C1. The fourth-order valence-corrected chi connectivity index (χ4v) is 2.40. The first-order valence-electron chi connectivity index (χ1n) is 7.30. The van der Waals surface area contributed by atoms with Crippen molar-refractivity contribution in [2.75, 3.05) is 32.9 Å². The summed E-state index contributed by atoms with van der Waals surface area (Å²) in [6.45, 7) is 9.02.